The van der Waals surface area contributed by atoms with Crippen molar-refractivity contribution in [3.63, 3.8) is 0 Å². The number of sulfonamides is 2. The summed E-state index contributed by atoms with van der Waals surface area (Å²) in [5.41, 5.74) is 0.240. The van der Waals surface area contributed by atoms with E-state index in [0.29, 0.717) is 18.1 Å². The van der Waals surface area contributed by atoms with Crippen molar-refractivity contribution < 1.29 is 26.0 Å². The maximum Gasteiger partial charge on any atom is 0.261 e. The number of furan rings is 1. The van der Waals surface area contributed by atoms with E-state index in [-0.39, 0.29) is 22.0 Å². The Morgan fingerprint density at radius 2 is 1.48 bits per heavy atom. The average Bonchev–Trinajstić information content (AvgIpc) is 3.21. The normalized spacial score (nSPS) is 11.9. The minimum Gasteiger partial charge on any atom is -0.494 e. The second-order valence-corrected chi connectivity index (χ2v) is 9.39. The van der Waals surface area contributed by atoms with Gasteiger partial charge < -0.3 is 9.15 Å². The van der Waals surface area contributed by atoms with Crippen molar-refractivity contribution in [2.24, 2.45) is 0 Å². The predicted molar refractivity (Wildman–Crippen MR) is 108 cm³/mol. The van der Waals surface area contributed by atoms with E-state index in [9.17, 15) is 16.8 Å². The molecular weight excluding hydrogens is 416 g/mol. The molecule has 2 aromatic carbocycles. The molecule has 154 valence electrons. The molecule has 0 aliphatic rings. The zero-order valence-corrected chi connectivity index (χ0v) is 17.2. The fourth-order valence-corrected chi connectivity index (χ4v) is 4.51. The summed E-state index contributed by atoms with van der Waals surface area (Å²) in [7, 11) is -7.58. The molecule has 10 heteroatoms. The van der Waals surface area contributed by atoms with Crippen LogP contribution in [0.4, 0.5) is 5.69 Å². The highest BCUT2D eigenvalue weighted by atomic mass is 32.2. The fraction of sp³-hybridized carbons (Fsp3) is 0.158. The third-order valence-corrected chi connectivity index (χ3v) is 6.69. The molecule has 3 rings (SSSR count). The van der Waals surface area contributed by atoms with Crippen LogP contribution in [0.2, 0.25) is 0 Å². The van der Waals surface area contributed by atoms with E-state index in [1.807, 2.05) is 6.92 Å². The molecule has 0 radical (unpaired) electrons. The summed E-state index contributed by atoms with van der Waals surface area (Å²) in [6.07, 6.45) is 1.45. The summed E-state index contributed by atoms with van der Waals surface area (Å²) in [4.78, 5) is 0.0748. The molecule has 0 atom stereocenters. The van der Waals surface area contributed by atoms with Crippen LogP contribution in [0.3, 0.4) is 0 Å². The second kappa shape index (κ2) is 8.68. The van der Waals surface area contributed by atoms with Crippen LogP contribution in [-0.4, -0.2) is 23.4 Å². The third-order valence-electron chi connectivity index (χ3n) is 3.88. The van der Waals surface area contributed by atoms with Crippen molar-refractivity contribution in [3.05, 3.63) is 72.7 Å². The molecule has 1 aromatic heterocycles. The first-order chi connectivity index (χ1) is 13.8. The largest absolute Gasteiger partial charge is 0.494 e. The molecule has 2 N–H and O–H groups in total. The van der Waals surface area contributed by atoms with Gasteiger partial charge in [0.2, 0.25) is 10.0 Å². The van der Waals surface area contributed by atoms with Crippen molar-refractivity contribution in [1.82, 2.24) is 4.72 Å². The van der Waals surface area contributed by atoms with E-state index >= 15 is 0 Å². The van der Waals surface area contributed by atoms with Crippen molar-refractivity contribution in [2.75, 3.05) is 11.3 Å². The molecule has 3 aromatic rings. The Hall–Kier alpha value is -2.82. The van der Waals surface area contributed by atoms with E-state index in [2.05, 4.69) is 9.44 Å². The maximum atomic E-state index is 12.5. The highest BCUT2D eigenvalue weighted by Crippen LogP contribution is 2.21. The molecule has 0 spiro atoms. The van der Waals surface area contributed by atoms with E-state index < -0.39 is 20.0 Å². The predicted octanol–water partition coefficient (Wildman–Crippen LogP) is 2.96. The summed E-state index contributed by atoms with van der Waals surface area (Å²) in [6, 6.07) is 14.7. The molecule has 0 aliphatic heterocycles. The van der Waals surface area contributed by atoms with Gasteiger partial charge in [-0.1, -0.05) is 0 Å². The van der Waals surface area contributed by atoms with Crippen LogP contribution in [0.15, 0.2) is 81.1 Å². The summed E-state index contributed by atoms with van der Waals surface area (Å²) in [6.45, 7) is 2.33. The lowest BCUT2D eigenvalue weighted by Crippen LogP contribution is -2.23. The zero-order chi connectivity index (χ0) is 20.9. The Morgan fingerprint density at radius 1 is 0.862 bits per heavy atom. The highest BCUT2D eigenvalue weighted by molar-refractivity contribution is 7.92. The first kappa shape index (κ1) is 20.9. The number of hydrogen-bond acceptors (Lipinski definition) is 6. The molecule has 0 aliphatic carbocycles. The van der Waals surface area contributed by atoms with Crippen LogP contribution in [0.25, 0.3) is 0 Å². The van der Waals surface area contributed by atoms with E-state index in [1.54, 1.807) is 24.3 Å². The first-order valence-corrected chi connectivity index (χ1v) is 11.6. The standard InChI is InChI=1S/C19H20N2O6S2/c1-2-26-16-7-11-19(12-8-16)29(24,25)21-15-5-9-18(10-6-15)28(22,23)20-14-17-4-3-13-27-17/h3-13,20-21H,2,14H2,1H3. The minimum atomic E-state index is -3.82. The number of rotatable bonds is 9. The Kier molecular flexibility index (Phi) is 6.26. The molecule has 0 unspecified atom stereocenters. The Balaban J connectivity index is 1.69. The van der Waals surface area contributed by atoms with E-state index in [0.717, 1.165) is 0 Å². The highest BCUT2D eigenvalue weighted by Gasteiger charge is 2.17. The van der Waals surface area contributed by atoms with Crippen molar-refractivity contribution in [1.29, 1.82) is 0 Å². The van der Waals surface area contributed by atoms with E-state index in [1.165, 1.54) is 42.7 Å². The third kappa shape index (κ3) is 5.37. The monoisotopic (exact) mass is 436 g/mol. The van der Waals surface area contributed by atoms with Crippen molar-refractivity contribution >= 4 is 25.7 Å². The lowest BCUT2D eigenvalue weighted by molar-refractivity contribution is 0.340. The van der Waals surface area contributed by atoms with Gasteiger partial charge in [0.25, 0.3) is 10.0 Å². The molecule has 0 saturated carbocycles. The first-order valence-electron chi connectivity index (χ1n) is 8.68. The lowest BCUT2D eigenvalue weighted by atomic mass is 10.3. The van der Waals surface area contributed by atoms with Crippen LogP contribution < -0.4 is 14.2 Å². The maximum absolute atomic E-state index is 12.5. The summed E-state index contributed by atoms with van der Waals surface area (Å²) < 4.78 is 64.9. The Bertz CT molecular complexity index is 1140. The Labute approximate surface area is 169 Å². The SMILES string of the molecule is CCOc1ccc(S(=O)(=O)Nc2ccc(S(=O)(=O)NCc3ccco3)cc2)cc1. The number of ether oxygens (including phenoxy) is 1. The molecule has 0 bridgehead atoms. The zero-order valence-electron chi connectivity index (χ0n) is 15.5. The molecule has 0 amide bonds. The number of nitrogens with one attached hydrogen (secondary N) is 2. The summed E-state index contributed by atoms with van der Waals surface area (Å²) >= 11 is 0. The van der Waals surface area contributed by atoms with Crippen LogP contribution in [0, 0.1) is 0 Å². The molecule has 1 heterocycles. The minimum absolute atomic E-state index is 0.00747. The number of benzene rings is 2. The van der Waals surface area contributed by atoms with Crippen LogP contribution in [0.5, 0.6) is 5.75 Å². The molecule has 29 heavy (non-hydrogen) atoms. The molecule has 8 nitrogen and oxygen atoms in total. The van der Waals surface area contributed by atoms with Crippen LogP contribution >= 0.6 is 0 Å². The van der Waals surface area contributed by atoms with Gasteiger partial charge in [-0.15, -0.1) is 0 Å². The Morgan fingerprint density at radius 3 is 2.07 bits per heavy atom. The van der Waals surface area contributed by atoms with Crippen molar-refractivity contribution in [2.45, 2.75) is 23.3 Å². The van der Waals surface area contributed by atoms with Gasteiger partial charge >= 0.3 is 0 Å². The lowest BCUT2D eigenvalue weighted by Gasteiger charge is -2.10. The van der Waals surface area contributed by atoms with Gasteiger partial charge in [0.15, 0.2) is 0 Å². The molecule has 0 saturated heterocycles. The number of hydrogen-bond donors (Lipinski definition) is 2. The van der Waals surface area contributed by atoms with Crippen LogP contribution in [0.1, 0.15) is 12.7 Å². The van der Waals surface area contributed by atoms with Crippen molar-refractivity contribution in [3.8, 4) is 5.75 Å². The van der Waals surface area contributed by atoms with Gasteiger partial charge in [-0.2, -0.15) is 0 Å². The summed E-state index contributed by atoms with van der Waals surface area (Å²) in [5.74, 6) is 1.05. The van der Waals surface area contributed by atoms with E-state index in [4.69, 9.17) is 9.15 Å². The van der Waals surface area contributed by atoms with Crippen LogP contribution in [-0.2, 0) is 26.6 Å². The molecular formula is C19H20N2O6S2. The van der Waals surface area contributed by atoms with Gasteiger partial charge in [0.05, 0.1) is 29.2 Å². The quantitative estimate of drug-likeness (QED) is 0.533. The van der Waals surface area contributed by atoms with Gasteiger partial charge in [0.1, 0.15) is 11.5 Å². The summed E-state index contributed by atoms with van der Waals surface area (Å²) in [5, 5.41) is 0. The average molecular weight is 437 g/mol. The van der Waals surface area contributed by atoms with Gasteiger partial charge in [0, 0.05) is 5.69 Å². The molecule has 0 fully saturated rings. The topological polar surface area (TPSA) is 115 Å². The number of anilines is 1. The van der Waals surface area contributed by atoms with Gasteiger partial charge in [-0.05, 0) is 67.6 Å². The fourth-order valence-electron chi connectivity index (χ4n) is 2.46. The van der Waals surface area contributed by atoms with Gasteiger partial charge in [-0.25, -0.2) is 21.6 Å². The second-order valence-electron chi connectivity index (χ2n) is 5.94. The van der Waals surface area contributed by atoms with Gasteiger partial charge in [-0.3, -0.25) is 4.72 Å². The smallest absolute Gasteiger partial charge is 0.261 e.